The quantitative estimate of drug-likeness (QED) is 0.560. The van der Waals surface area contributed by atoms with Gasteiger partial charge in [0.05, 0.1) is 11.0 Å². The molecule has 28 heavy (non-hydrogen) atoms. The van der Waals surface area contributed by atoms with E-state index in [-0.39, 0.29) is 0 Å². The lowest BCUT2D eigenvalue weighted by Crippen LogP contribution is -2.39. The molecule has 1 aliphatic heterocycles. The SMILES string of the molecule is Cn1ccc2cc(-c3cc(NCC4CCCCN4)cc4nccnc34)ccc21. The molecule has 3 heterocycles. The van der Waals surface area contributed by atoms with Crippen molar-refractivity contribution in [3.63, 3.8) is 0 Å². The van der Waals surface area contributed by atoms with E-state index >= 15 is 0 Å². The number of nitrogens with zero attached hydrogens (tertiary/aromatic N) is 3. The summed E-state index contributed by atoms with van der Waals surface area (Å²) in [5.74, 6) is 0. The fraction of sp³-hybridized carbons (Fsp3) is 0.304. The second-order valence-electron chi connectivity index (χ2n) is 7.68. The highest BCUT2D eigenvalue weighted by Gasteiger charge is 2.14. The molecule has 0 spiro atoms. The molecule has 1 fully saturated rings. The third-order valence-electron chi connectivity index (χ3n) is 5.73. The van der Waals surface area contributed by atoms with Crippen LogP contribution >= 0.6 is 0 Å². The van der Waals surface area contributed by atoms with Gasteiger partial charge in [0.2, 0.25) is 0 Å². The summed E-state index contributed by atoms with van der Waals surface area (Å²) in [5, 5.41) is 8.46. The monoisotopic (exact) mass is 371 g/mol. The maximum atomic E-state index is 4.63. The molecule has 0 amide bonds. The molecule has 5 rings (SSSR count). The first kappa shape index (κ1) is 17.2. The molecule has 1 saturated heterocycles. The molecule has 0 bridgehead atoms. The van der Waals surface area contributed by atoms with Crippen molar-refractivity contribution in [2.24, 2.45) is 7.05 Å². The van der Waals surface area contributed by atoms with Crippen molar-refractivity contribution in [2.45, 2.75) is 25.3 Å². The zero-order valence-electron chi connectivity index (χ0n) is 16.2. The first-order valence-corrected chi connectivity index (χ1v) is 10.1. The van der Waals surface area contributed by atoms with Crippen LogP contribution in [0.15, 0.2) is 55.0 Å². The van der Waals surface area contributed by atoms with E-state index in [1.54, 1.807) is 12.4 Å². The third kappa shape index (κ3) is 3.22. The van der Waals surface area contributed by atoms with Crippen molar-refractivity contribution >= 4 is 27.6 Å². The minimum absolute atomic E-state index is 0.537. The number of nitrogens with one attached hydrogen (secondary N) is 2. The summed E-state index contributed by atoms with van der Waals surface area (Å²) in [7, 11) is 2.08. The average Bonchev–Trinajstić information content (AvgIpc) is 3.12. The number of fused-ring (bicyclic) bond motifs is 2. The number of anilines is 1. The Kier molecular flexibility index (Phi) is 4.45. The summed E-state index contributed by atoms with van der Waals surface area (Å²) >= 11 is 0. The first-order chi connectivity index (χ1) is 13.8. The maximum absolute atomic E-state index is 4.63. The molecular formula is C23H25N5. The molecule has 0 radical (unpaired) electrons. The van der Waals surface area contributed by atoms with Gasteiger partial charge in [-0.05, 0) is 55.3 Å². The van der Waals surface area contributed by atoms with E-state index in [2.05, 4.69) is 74.8 Å². The summed E-state index contributed by atoms with van der Waals surface area (Å²) in [6, 6.07) is 13.6. The normalized spacial score (nSPS) is 17.2. The number of piperidine rings is 1. The molecule has 5 heteroatoms. The molecule has 0 saturated carbocycles. The van der Waals surface area contributed by atoms with Gasteiger partial charge < -0.3 is 15.2 Å². The largest absolute Gasteiger partial charge is 0.383 e. The number of aromatic nitrogens is 3. The van der Waals surface area contributed by atoms with E-state index in [4.69, 9.17) is 0 Å². The van der Waals surface area contributed by atoms with E-state index < -0.39 is 0 Å². The van der Waals surface area contributed by atoms with Crippen molar-refractivity contribution in [1.29, 1.82) is 0 Å². The Hall–Kier alpha value is -2.92. The van der Waals surface area contributed by atoms with Gasteiger partial charge in [-0.1, -0.05) is 12.5 Å². The van der Waals surface area contributed by atoms with Crippen LogP contribution in [0.1, 0.15) is 19.3 Å². The fourth-order valence-corrected chi connectivity index (χ4v) is 4.19. The van der Waals surface area contributed by atoms with Gasteiger partial charge >= 0.3 is 0 Å². The van der Waals surface area contributed by atoms with Gasteiger partial charge in [0.1, 0.15) is 0 Å². The highest BCUT2D eigenvalue weighted by molar-refractivity contribution is 5.97. The van der Waals surface area contributed by atoms with Crippen LogP contribution in [0.5, 0.6) is 0 Å². The Bertz CT molecular complexity index is 1120. The van der Waals surface area contributed by atoms with Gasteiger partial charge in [0, 0.05) is 60.4 Å². The topological polar surface area (TPSA) is 54.8 Å². The van der Waals surface area contributed by atoms with E-state index in [0.717, 1.165) is 35.4 Å². The zero-order valence-corrected chi connectivity index (χ0v) is 16.2. The van der Waals surface area contributed by atoms with Crippen molar-refractivity contribution in [3.05, 3.63) is 55.0 Å². The molecular weight excluding hydrogens is 346 g/mol. The smallest absolute Gasteiger partial charge is 0.0966 e. The fourth-order valence-electron chi connectivity index (χ4n) is 4.19. The summed E-state index contributed by atoms with van der Waals surface area (Å²) in [4.78, 5) is 9.19. The third-order valence-corrected chi connectivity index (χ3v) is 5.73. The highest BCUT2D eigenvalue weighted by atomic mass is 15.0. The van der Waals surface area contributed by atoms with Crippen molar-refractivity contribution in [3.8, 4) is 11.1 Å². The van der Waals surface area contributed by atoms with Gasteiger partial charge in [0.15, 0.2) is 0 Å². The minimum atomic E-state index is 0.537. The zero-order chi connectivity index (χ0) is 18.9. The standard InChI is InChI=1S/C23H25N5/c1-28-11-7-17-12-16(5-6-22(17)28)20-13-19(14-21-23(20)26-10-9-25-21)27-15-18-4-2-3-8-24-18/h5-7,9-14,18,24,27H,2-4,8,15H2,1H3. The molecule has 1 atom stereocenters. The molecule has 1 unspecified atom stereocenters. The predicted octanol–water partition coefficient (Wildman–Crippen LogP) is 4.34. The van der Waals surface area contributed by atoms with Gasteiger partial charge in [-0.15, -0.1) is 0 Å². The maximum Gasteiger partial charge on any atom is 0.0966 e. The summed E-state index contributed by atoms with van der Waals surface area (Å²) in [6.45, 7) is 2.06. The molecule has 2 aromatic carbocycles. The summed E-state index contributed by atoms with van der Waals surface area (Å²) < 4.78 is 2.15. The van der Waals surface area contributed by atoms with Crippen molar-refractivity contribution in [2.75, 3.05) is 18.4 Å². The van der Waals surface area contributed by atoms with E-state index in [9.17, 15) is 0 Å². The van der Waals surface area contributed by atoms with Crippen LogP contribution in [0.25, 0.3) is 33.1 Å². The van der Waals surface area contributed by atoms with Crippen molar-refractivity contribution < 1.29 is 0 Å². The second-order valence-corrected chi connectivity index (χ2v) is 7.68. The van der Waals surface area contributed by atoms with Crippen molar-refractivity contribution in [1.82, 2.24) is 19.9 Å². The lowest BCUT2D eigenvalue weighted by molar-refractivity contribution is 0.414. The molecule has 4 aromatic rings. The molecule has 2 N–H and O–H groups in total. The number of aryl methyl sites for hydroxylation is 1. The first-order valence-electron chi connectivity index (χ1n) is 10.1. The van der Waals surface area contributed by atoms with Crippen LogP contribution in [0.3, 0.4) is 0 Å². The van der Waals surface area contributed by atoms with Crippen LogP contribution < -0.4 is 10.6 Å². The Balaban J connectivity index is 1.54. The number of hydrogen-bond donors (Lipinski definition) is 2. The summed E-state index contributed by atoms with van der Waals surface area (Å²) in [5.41, 5.74) is 6.49. The molecule has 2 aromatic heterocycles. The molecule has 142 valence electrons. The molecule has 1 aliphatic rings. The van der Waals surface area contributed by atoms with E-state index in [0.29, 0.717) is 6.04 Å². The lowest BCUT2D eigenvalue weighted by atomic mass is 10.0. The van der Waals surface area contributed by atoms with Gasteiger partial charge in [-0.3, -0.25) is 9.97 Å². The molecule has 5 nitrogen and oxygen atoms in total. The van der Waals surface area contributed by atoms with Crippen LogP contribution in [-0.4, -0.2) is 33.7 Å². The van der Waals surface area contributed by atoms with Gasteiger partial charge in [-0.2, -0.15) is 0 Å². The number of benzene rings is 2. The van der Waals surface area contributed by atoms with Crippen LogP contribution in [0.4, 0.5) is 5.69 Å². The predicted molar refractivity (Wildman–Crippen MR) is 116 cm³/mol. The number of rotatable bonds is 4. The Morgan fingerprint density at radius 2 is 2.04 bits per heavy atom. The van der Waals surface area contributed by atoms with Gasteiger partial charge in [0.25, 0.3) is 0 Å². The second kappa shape index (κ2) is 7.24. The highest BCUT2D eigenvalue weighted by Crippen LogP contribution is 2.32. The Labute approximate surface area is 164 Å². The number of hydrogen-bond acceptors (Lipinski definition) is 4. The van der Waals surface area contributed by atoms with E-state index in [1.165, 1.54) is 35.7 Å². The molecule has 0 aliphatic carbocycles. The van der Waals surface area contributed by atoms with Gasteiger partial charge in [-0.25, -0.2) is 0 Å². The summed E-state index contributed by atoms with van der Waals surface area (Å²) in [6.07, 6.45) is 9.46. The van der Waals surface area contributed by atoms with Crippen LogP contribution in [0.2, 0.25) is 0 Å². The van der Waals surface area contributed by atoms with Crippen LogP contribution in [0, 0.1) is 0 Å². The van der Waals surface area contributed by atoms with E-state index in [1.807, 2.05) is 0 Å². The minimum Gasteiger partial charge on any atom is -0.383 e. The Morgan fingerprint density at radius 1 is 1.11 bits per heavy atom. The average molecular weight is 371 g/mol. The van der Waals surface area contributed by atoms with Crippen LogP contribution in [-0.2, 0) is 7.05 Å². The Morgan fingerprint density at radius 3 is 2.93 bits per heavy atom. The lowest BCUT2D eigenvalue weighted by Gasteiger charge is -2.24.